The monoisotopic (exact) mass is 463 g/mol. The summed E-state index contributed by atoms with van der Waals surface area (Å²) in [6, 6.07) is 5.75. The van der Waals surface area contributed by atoms with Crippen molar-refractivity contribution < 1.29 is 13.6 Å². The van der Waals surface area contributed by atoms with Gasteiger partial charge in [0.2, 0.25) is 0 Å². The van der Waals surface area contributed by atoms with Gasteiger partial charge in [0.25, 0.3) is 5.91 Å². The van der Waals surface area contributed by atoms with Crippen LogP contribution in [0.15, 0.2) is 49.2 Å². The molecule has 3 aromatic heterocycles. The van der Waals surface area contributed by atoms with Crippen molar-refractivity contribution in [2.24, 2.45) is 0 Å². The van der Waals surface area contributed by atoms with Crippen molar-refractivity contribution in [1.29, 1.82) is 0 Å². The normalized spacial score (nSPS) is 17.9. The zero-order valence-electron chi connectivity index (χ0n) is 18.4. The molecule has 8 nitrogen and oxygen atoms in total. The van der Waals surface area contributed by atoms with Crippen molar-refractivity contribution in [3.05, 3.63) is 66.4 Å². The van der Waals surface area contributed by atoms with Gasteiger partial charge in [0.1, 0.15) is 23.6 Å². The number of amides is 1. The second-order valence-electron chi connectivity index (χ2n) is 8.93. The number of nitrogens with zero attached hydrogens (tertiary/aromatic N) is 6. The summed E-state index contributed by atoms with van der Waals surface area (Å²) in [6.45, 7) is 2.92. The Labute approximate surface area is 194 Å². The van der Waals surface area contributed by atoms with Crippen LogP contribution in [0, 0.1) is 11.6 Å². The van der Waals surface area contributed by atoms with Gasteiger partial charge in [0, 0.05) is 61.6 Å². The lowest BCUT2D eigenvalue weighted by molar-refractivity contribution is 0.0196. The number of likely N-dealkylation sites (tertiary alicyclic amines) is 2. The summed E-state index contributed by atoms with van der Waals surface area (Å²) in [6.07, 6.45) is 8.95. The van der Waals surface area contributed by atoms with E-state index in [1.807, 2.05) is 29.3 Å². The Morgan fingerprint density at radius 1 is 1.06 bits per heavy atom. The predicted molar refractivity (Wildman–Crippen MR) is 121 cm³/mol. The maximum atomic E-state index is 14.0. The van der Waals surface area contributed by atoms with E-state index >= 15 is 0 Å². The summed E-state index contributed by atoms with van der Waals surface area (Å²) in [5.41, 5.74) is 2.56. The van der Waals surface area contributed by atoms with Crippen molar-refractivity contribution >= 4 is 16.9 Å². The lowest BCUT2D eigenvalue weighted by Gasteiger charge is -2.47. The Bertz CT molecular complexity index is 1350. The molecule has 1 aromatic carbocycles. The summed E-state index contributed by atoms with van der Waals surface area (Å²) in [5, 5.41) is 5.54. The maximum Gasteiger partial charge on any atom is 0.256 e. The Hall–Kier alpha value is -3.66. The van der Waals surface area contributed by atoms with E-state index in [0.717, 1.165) is 60.4 Å². The number of benzene rings is 1. The first-order valence-electron chi connectivity index (χ1n) is 11.4. The van der Waals surface area contributed by atoms with Crippen LogP contribution in [-0.4, -0.2) is 72.7 Å². The molecule has 0 radical (unpaired) electrons. The molecule has 34 heavy (non-hydrogen) atoms. The number of carbonyl (C=O) groups is 1. The number of hydrogen-bond donors (Lipinski definition) is 1. The molecule has 10 heteroatoms. The maximum absolute atomic E-state index is 14.0. The predicted octanol–water partition coefficient (Wildman–Crippen LogP) is 3.26. The molecular weight excluding hydrogens is 440 g/mol. The summed E-state index contributed by atoms with van der Waals surface area (Å²) in [4.78, 5) is 28.5. The highest BCUT2D eigenvalue weighted by molar-refractivity contribution is 5.94. The molecule has 0 aliphatic carbocycles. The zero-order valence-corrected chi connectivity index (χ0v) is 18.4. The van der Waals surface area contributed by atoms with E-state index in [9.17, 15) is 13.6 Å². The van der Waals surface area contributed by atoms with Crippen LogP contribution in [0.25, 0.3) is 22.3 Å². The molecule has 0 bridgehead atoms. The van der Waals surface area contributed by atoms with Gasteiger partial charge in [0.05, 0.1) is 23.5 Å². The van der Waals surface area contributed by atoms with Crippen LogP contribution in [0.4, 0.5) is 8.78 Å². The van der Waals surface area contributed by atoms with Crippen molar-refractivity contribution in [3.8, 4) is 11.3 Å². The lowest BCUT2D eigenvalue weighted by Crippen LogP contribution is -2.56. The number of halogens is 2. The molecule has 5 heterocycles. The molecule has 0 unspecified atom stereocenters. The smallest absolute Gasteiger partial charge is 0.256 e. The fourth-order valence-electron chi connectivity index (χ4n) is 4.98. The van der Waals surface area contributed by atoms with Crippen LogP contribution in [0.1, 0.15) is 29.2 Å². The van der Waals surface area contributed by atoms with Crippen LogP contribution < -0.4 is 0 Å². The third-order valence-electron chi connectivity index (χ3n) is 6.92. The highest BCUT2D eigenvalue weighted by atomic mass is 19.1. The second-order valence-corrected chi connectivity index (χ2v) is 8.93. The first-order valence-corrected chi connectivity index (χ1v) is 11.4. The van der Waals surface area contributed by atoms with Crippen molar-refractivity contribution in [1.82, 2.24) is 34.5 Å². The van der Waals surface area contributed by atoms with E-state index in [1.165, 1.54) is 6.07 Å². The first kappa shape index (κ1) is 20.9. The van der Waals surface area contributed by atoms with Crippen LogP contribution in [0.5, 0.6) is 0 Å². The summed E-state index contributed by atoms with van der Waals surface area (Å²) in [5.74, 6) is -1.86. The van der Waals surface area contributed by atoms with E-state index in [-0.39, 0.29) is 11.5 Å². The molecule has 0 atom stereocenters. The number of aromatic nitrogens is 5. The second kappa shape index (κ2) is 8.28. The minimum Gasteiger partial charge on any atom is -0.346 e. The number of carbonyl (C=O) groups excluding carboxylic acids is 1. The number of aromatic amines is 1. The molecule has 6 rings (SSSR count). The van der Waals surface area contributed by atoms with Gasteiger partial charge < -0.3 is 9.88 Å². The van der Waals surface area contributed by atoms with Gasteiger partial charge in [-0.2, -0.15) is 5.10 Å². The molecule has 4 aromatic rings. The number of nitrogens with one attached hydrogen (secondary N) is 1. The highest BCUT2D eigenvalue weighted by Gasteiger charge is 2.36. The van der Waals surface area contributed by atoms with Crippen molar-refractivity contribution in [2.75, 3.05) is 26.2 Å². The van der Waals surface area contributed by atoms with E-state index in [4.69, 9.17) is 0 Å². The third kappa shape index (κ3) is 3.63. The molecule has 1 N–H and O–H groups in total. The summed E-state index contributed by atoms with van der Waals surface area (Å²) >= 11 is 0. The molecule has 1 amide bonds. The SMILES string of the molecule is O=C(c1ccc(F)cc1F)N1CCC(N2CC(n3cc(-c4ncnc5[nH]ccc45)cn3)C2)CC1. The molecule has 2 fully saturated rings. The highest BCUT2D eigenvalue weighted by Crippen LogP contribution is 2.30. The number of hydrogen-bond acceptors (Lipinski definition) is 5. The number of rotatable bonds is 4. The van der Waals surface area contributed by atoms with Gasteiger partial charge in [-0.15, -0.1) is 0 Å². The molecule has 2 aliphatic rings. The van der Waals surface area contributed by atoms with Crippen LogP contribution in [0.2, 0.25) is 0 Å². The molecule has 174 valence electrons. The standard InChI is InChI=1S/C24H23F2N7O/c25-16-1-2-19(21(26)9-16)24(34)31-7-4-17(5-8-31)32-12-18(13-32)33-11-15(10-30-33)22-20-3-6-27-23(20)29-14-28-22/h1-3,6,9-11,14,17-18H,4-5,7-8,12-13H2,(H,27,28,29). The molecule has 2 aliphatic heterocycles. The van der Waals surface area contributed by atoms with E-state index < -0.39 is 11.6 Å². The Morgan fingerprint density at radius 3 is 2.68 bits per heavy atom. The van der Waals surface area contributed by atoms with Gasteiger partial charge in [-0.1, -0.05) is 0 Å². The van der Waals surface area contributed by atoms with Gasteiger partial charge >= 0.3 is 0 Å². The largest absolute Gasteiger partial charge is 0.346 e. The Morgan fingerprint density at radius 2 is 1.88 bits per heavy atom. The van der Waals surface area contributed by atoms with E-state index in [1.54, 1.807) is 11.2 Å². The number of H-pyrrole nitrogens is 1. The van der Waals surface area contributed by atoms with Crippen molar-refractivity contribution in [2.45, 2.75) is 24.9 Å². The van der Waals surface area contributed by atoms with Gasteiger partial charge in [-0.05, 0) is 31.0 Å². The summed E-state index contributed by atoms with van der Waals surface area (Å²) in [7, 11) is 0. The fraction of sp³-hybridized carbons (Fsp3) is 0.333. The first-order chi connectivity index (χ1) is 16.6. The fourth-order valence-corrected chi connectivity index (χ4v) is 4.98. The average molecular weight is 463 g/mol. The molecule has 2 saturated heterocycles. The molecule has 0 spiro atoms. The van der Waals surface area contributed by atoms with E-state index in [0.29, 0.717) is 25.2 Å². The molecular formula is C24H23F2N7O. The Balaban J connectivity index is 1.05. The van der Waals surface area contributed by atoms with Gasteiger partial charge in [0.15, 0.2) is 0 Å². The number of fused-ring (bicyclic) bond motifs is 1. The average Bonchev–Trinajstić information content (AvgIpc) is 3.48. The van der Waals surface area contributed by atoms with Crippen LogP contribution in [0.3, 0.4) is 0 Å². The topological polar surface area (TPSA) is 82.9 Å². The van der Waals surface area contributed by atoms with Crippen LogP contribution in [-0.2, 0) is 0 Å². The minimum absolute atomic E-state index is 0.0704. The summed E-state index contributed by atoms with van der Waals surface area (Å²) < 4.78 is 29.1. The zero-order chi connectivity index (χ0) is 23.2. The quantitative estimate of drug-likeness (QED) is 0.502. The minimum atomic E-state index is -0.810. The van der Waals surface area contributed by atoms with Crippen molar-refractivity contribution in [3.63, 3.8) is 0 Å². The third-order valence-corrected chi connectivity index (χ3v) is 6.92. The van der Waals surface area contributed by atoms with Gasteiger partial charge in [-0.3, -0.25) is 14.4 Å². The molecule has 0 saturated carbocycles. The number of piperidine rings is 1. The lowest BCUT2D eigenvalue weighted by atomic mass is 9.97. The Kier molecular flexibility index (Phi) is 5.09. The van der Waals surface area contributed by atoms with Gasteiger partial charge in [-0.25, -0.2) is 18.7 Å². The van der Waals surface area contributed by atoms with Crippen LogP contribution >= 0.6 is 0 Å². The van der Waals surface area contributed by atoms with E-state index in [2.05, 4.69) is 25.0 Å².